The molecule has 6 heteroatoms. The van der Waals surface area contributed by atoms with Gasteiger partial charge in [-0.15, -0.1) is 0 Å². The van der Waals surface area contributed by atoms with E-state index in [2.05, 4.69) is 0 Å². The highest BCUT2D eigenvalue weighted by molar-refractivity contribution is 5.91. The largest absolute Gasteiger partial charge is 0.478 e. The lowest BCUT2D eigenvalue weighted by molar-refractivity contribution is -0.166. The van der Waals surface area contributed by atoms with Crippen molar-refractivity contribution in [1.82, 2.24) is 9.80 Å². The lowest BCUT2D eigenvalue weighted by atomic mass is 9.94. The van der Waals surface area contributed by atoms with Gasteiger partial charge in [0.15, 0.2) is 0 Å². The molecule has 210 valence electrons. The number of β-lactam (4-membered cyclic amide) rings is 2. The van der Waals surface area contributed by atoms with Crippen molar-refractivity contribution in [2.45, 2.75) is 24.3 Å². The number of benzene rings is 4. The molecule has 2 fully saturated rings. The predicted octanol–water partition coefficient (Wildman–Crippen LogP) is 5.73. The minimum atomic E-state index is -0.623. The first-order valence-electron chi connectivity index (χ1n) is 14.2. The Labute approximate surface area is 246 Å². The molecule has 0 spiro atoms. The van der Waals surface area contributed by atoms with Gasteiger partial charge in [-0.25, -0.2) is 0 Å². The molecule has 6 nitrogen and oxygen atoms in total. The van der Waals surface area contributed by atoms with Crippen LogP contribution in [0.4, 0.5) is 0 Å². The number of hydrogen-bond acceptors (Lipinski definition) is 4. The zero-order valence-electron chi connectivity index (χ0n) is 23.1. The maximum Gasteiger partial charge on any atom is 0.266 e. The van der Waals surface area contributed by atoms with E-state index in [0.29, 0.717) is 24.6 Å². The molecule has 4 aromatic carbocycles. The van der Waals surface area contributed by atoms with Crippen LogP contribution in [-0.4, -0.2) is 59.0 Å². The van der Waals surface area contributed by atoms with Crippen LogP contribution in [-0.2, 0) is 9.59 Å². The summed E-state index contributed by atoms with van der Waals surface area (Å²) in [6, 6.07) is 38.2. The summed E-state index contributed by atoms with van der Waals surface area (Å²) in [5, 5.41) is 0. The van der Waals surface area contributed by atoms with Crippen LogP contribution < -0.4 is 9.47 Å². The van der Waals surface area contributed by atoms with E-state index in [1.54, 1.807) is 9.80 Å². The minimum Gasteiger partial charge on any atom is -0.478 e. The van der Waals surface area contributed by atoms with E-state index in [0.717, 1.165) is 11.1 Å². The molecule has 2 heterocycles. The first kappa shape index (κ1) is 27.1. The Morgan fingerprint density at radius 2 is 0.833 bits per heavy atom. The average Bonchev–Trinajstić information content (AvgIpc) is 3.05. The molecule has 2 aliphatic heterocycles. The summed E-state index contributed by atoms with van der Waals surface area (Å²) in [5.74, 6) is 1.11. The topological polar surface area (TPSA) is 59.1 Å². The summed E-state index contributed by atoms with van der Waals surface area (Å²) >= 11 is 0. The van der Waals surface area contributed by atoms with E-state index in [4.69, 9.17) is 9.47 Å². The van der Waals surface area contributed by atoms with Crippen LogP contribution in [0.25, 0.3) is 12.2 Å². The standard InChI is InChI=1S/C36H32N2O4/c39-35-33(41-29-17-9-3-10-18-29)31(23-21-27-13-5-1-6-14-27)37(35)25-26-38-32(24-22-28-15-7-2-8-16-28)34(36(38)40)42-30-19-11-4-12-20-30/h1-24,31-34H,25-26H2/b23-21+,24-22+/t31-,32+,33+,34-. The Morgan fingerprint density at radius 1 is 0.500 bits per heavy atom. The summed E-state index contributed by atoms with van der Waals surface area (Å²) in [6.45, 7) is 0.771. The third-order valence-electron chi connectivity index (χ3n) is 7.56. The molecular weight excluding hydrogens is 524 g/mol. The first-order valence-corrected chi connectivity index (χ1v) is 14.2. The van der Waals surface area contributed by atoms with Gasteiger partial charge in [-0.3, -0.25) is 9.59 Å². The van der Waals surface area contributed by atoms with Gasteiger partial charge in [-0.2, -0.15) is 0 Å². The van der Waals surface area contributed by atoms with Crippen LogP contribution in [0.1, 0.15) is 11.1 Å². The van der Waals surface area contributed by atoms with E-state index in [1.807, 2.05) is 146 Å². The molecule has 4 aromatic rings. The maximum absolute atomic E-state index is 13.3. The molecule has 4 atom stereocenters. The zero-order chi connectivity index (χ0) is 28.7. The maximum atomic E-state index is 13.3. The van der Waals surface area contributed by atoms with Crippen molar-refractivity contribution >= 4 is 24.0 Å². The SMILES string of the molecule is O=C1[C@@H](Oc2ccccc2)[C@@H](/C=C/c2ccccc2)N1CCN1C(=O)[C@H](Oc2ccccc2)[C@@H]1/C=C/c1ccccc1. The second kappa shape index (κ2) is 12.6. The van der Waals surface area contributed by atoms with Crippen molar-refractivity contribution in [2.75, 3.05) is 13.1 Å². The van der Waals surface area contributed by atoms with E-state index < -0.39 is 12.2 Å². The molecule has 2 aliphatic rings. The van der Waals surface area contributed by atoms with Crippen LogP contribution in [0.3, 0.4) is 0 Å². The molecule has 0 unspecified atom stereocenters. The van der Waals surface area contributed by atoms with Crippen LogP contribution in [0, 0.1) is 0 Å². The predicted molar refractivity (Wildman–Crippen MR) is 164 cm³/mol. The van der Waals surface area contributed by atoms with E-state index >= 15 is 0 Å². The number of rotatable bonds is 11. The van der Waals surface area contributed by atoms with Gasteiger partial charge in [-0.1, -0.05) is 121 Å². The van der Waals surface area contributed by atoms with Gasteiger partial charge < -0.3 is 19.3 Å². The molecule has 0 saturated carbocycles. The van der Waals surface area contributed by atoms with Gasteiger partial charge in [0.25, 0.3) is 11.8 Å². The molecule has 2 amide bonds. The number of carbonyl (C=O) groups is 2. The highest BCUT2D eigenvalue weighted by atomic mass is 16.5. The molecule has 6 rings (SSSR count). The number of likely N-dealkylation sites (tertiary alicyclic amines) is 2. The second-order valence-corrected chi connectivity index (χ2v) is 10.3. The fourth-order valence-corrected chi connectivity index (χ4v) is 5.30. The van der Waals surface area contributed by atoms with Crippen molar-refractivity contribution in [3.8, 4) is 11.5 Å². The highest BCUT2D eigenvalue weighted by Crippen LogP contribution is 2.30. The average molecular weight is 557 g/mol. The summed E-state index contributed by atoms with van der Waals surface area (Å²) in [7, 11) is 0. The number of amides is 2. The van der Waals surface area contributed by atoms with Crippen molar-refractivity contribution in [3.05, 3.63) is 145 Å². The van der Waals surface area contributed by atoms with Gasteiger partial charge in [0.05, 0.1) is 12.1 Å². The first-order chi connectivity index (χ1) is 20.7. The monoisotopic (exact) mass is 556 g/mol. The Balaban J connectivity index is 1.18. The lowest BCUT2D eigenvalue weighted by Gasteiger charge is -2.49. The van der Waals surface area contributed by atoms with E-state index in [9.17, 15) is 9.59 Å². The lowest BCUT2D eigenvalue weighted by Crippen LogP contribution is -2.70. The van der Waals surface area contributed by atoms with E-state index in [1.165, 1.54) is 0 Å². The smallest absolute Gasteiger partial charge is 0.266 e. The van der Waals surface area contributed by atoms with Gasteiger partial charge >= 0.3 is 0 Å². The Kier molecular flexibility index (Phi) is 8.13. The Hall–Kier alpha value is -5.10. The van der Waals surface area contributed by atoms with E-state index in [-0.39, 0.29) is 23.9 Å². The van der Waals surface area contributed by atoms with Gasteiger partial charge in [0.1, 0.15) is 11.5 Å². The van der Waals surface area contributed by atoms with Crippen LogP contribution in [0.15, 0.2) is 133 Å². The Morgan fingerprint density at radius 3 is 1.19 bits per heavy atom. The number of ether oxygens (including phenoxy) is 2. The van der Waals surface area contributed by atoms with Crippen molar-refractivity contribution in [3.63, 3.8) is 0 Å². The summed E-state index contributed by atoms with van der Waals surface area (Å²) in [5.41, 5.74) is 2.08. The quantitative estimate of drug-likeness (QED) is 0.222. The van der Waals surface area contributed by atoms with Crippen LogP contribution in [0.2, 0.25) is 0 Å². The number of hydrogen-bond donors (Lipinski definition) is 0. The molecule has 2 saturated heterocycles. The molecule has 0 N–H and O–H groups in total. The Bertz CT molecular complexity index is 1420. The number of carbonyl (C=O) groups excluding carboxylic acids is 2. The fourth-order valence-electron chi connectivity index (χ4n) is 5.30. The molecule has 0 radical (unpaired) electrons. The molecule has 0 aliphatic carbocycles. The third kappa shape index (κ3) is 5.98. The minimum absolute atomic E-state index is 0.0944. The second-order valence-electron chi connectivity index (χ2n) is 10.3. The zero-order valence-corrected chi connectivity index (χ0v) is 23.1. The van der Waals surface area contributed by atoms with Gasteiger partial charge in [0, 0.05) is 13.1 Å². The summed E-state index contributed by atoms with van der Waals surface area (Å²) in [6.07, 6.45) is 6.79. The molecule has 42 heavy (non-hydrogen) atoms. The van der Waals surface area contributed by atoms with Crippen LogP contribution >= 0.6 is 0 Å². The summed E-state index contributed by atoms with van der Waals surface area (Å²) in [4.78, 5) is 30.2. The fraction of sp³-hybridized carbons (Fsp3) is 0.167. The van der Waals surface area contributed by atoms with Crippen molar-refractivity contribution in [1.29, 1.82) is 0 Å². The molecular formula is C36H32N2O4. The number of para-hydroxylation sites is 2. The summed E-state index contributed by atoms with van der Waals surface area (Å²) < 4.78 is 12.2. The molecule has 0 aromatic heterocycles. The third-order valence-corrected chi connectivity index (χ3v) is 7.56. The van der Waals surface area contributed by atoms with Crippen molar-refractivity contribution in [2.24, 2.45) is 0 Å². The number of nitrogens with zero attached hydrogens (tertiary/aromatic N) is 2. The van der Waals surface area contributed by atoms with Crippen LogP contribution in [0.5, 0.6) is 11.5 Å². The van der Waals surface area contributed by atoms with Crippen molar-refractivity contribution < 1.29 is 19.1 Å². The highest BCUT2D eigenvalue weighted by Gasteiger charge is 2.51. The normalized spacial score (nSPS) is 21.8. The van der Waals surface area contributed by atoms with Gasteiger partial charge in [-0.05, 0) is 35.4 Å². The van der Waals surface area contributed by atoms with Gasteiger partial charge in [0.2, 0.25) is 12.2 Å². The molecule has 0 bridgehead atoms.